The standard InChI is InChI=1S/C14H18FNO2S/c1-9-6-12(15)4-5-14(9)19(17,18)16-13-8-10-2-3-11(13)7-10/h4-6,10-11,13,16H,2-3,7-8H2,1H3/t10-,11+,13+/m0/s1. The van der Waals surface area contributed by atoms with E-state index in [1.54, 1.807) is 6.92 Å². The minimum absolute atomic E-state index is 0.0632. The van der Waals surface area contributed by atoms with Gasteiger partial charge in [-0.3, -0.25) is 0 Å². The average molecular weight is 283 g/mol. The van der Waals surface area contributed by atoms with Crippen molar-refractivity contribution in [1.82, 2.24) is 4.72 Å². The van der Waals surface area contributed by atoms with Crippen molar-refractivity contribution < 1.29 is 12.8 Å². The number of aryl methyl sites for hydroxylation is 1. The molecule has 1 aromatic rings. The molecule has 2 saturated carbocycles. The lowest BCUT2D eigenvalue weighted by Gasteiger charge is -2.23. The van der Waals surface area contributed by atoms with E-state index in [1.807, 2.05) is 0 Å². The van der Waals surface area contributed by atoms with Gasteiger partial charge in [0.2, 0.25) is 10.0 Å². The molecule has 0 aliphatic heterocycles. The van der Waals surface area contributed by atoms with Crippen molar-refractivity contribution in [3.63, 3.8) is 0 Å². The first-order chi connectivity index (χ1) is 8.95. The minimum Gasteiger partial charge on any atom is -0.208 e. The van der Waals surface area contributed by atoms with E-state index in [0.717, 1.165) is 19.3 Å². The van der Waals surface area contributed by atoms with Crippen LogP contribution in [0.4, 0.5) is 4.39 Å². The predicted molar refractivity (Wildman–Crippen MR) is 70.7 cm³/mol. The quantitative estimate of drug-likeness (QED) is 0.927. The van der Waals surface area contributed by atoms with Gasteiger partial charge >= 0.3 is 0 Å². The van der Waals surface area contributed by atoms with Crippen LogP contribution in [0.15, 0.2) is 23.1 Å². The molecule has 0 amide bonds. The van der Waals surface area contributed by atoms with Crippen LogP contribution in [-0.4, -0.2) is 14.5 Å². The molecule has 0 saturated heterocycles. The topological polar surface area (TPSA) is 46.2 Å². The molecule has 2 aliphatic carbocycles. The molecule has 1 N–H and O–H groups in total. The van der Waals surface area contributed by atoms with Gasteiger partial charge in [0.15, 0.2) is 0 Å². The molecule has 2 aliphatic rings. The number of halogens is 1. The number of rotatable bonds is 3. The Bertz CT molecular complexity index is 599. The Hall–Kier alpha value is -0.940. The maximum absolute atomic E-state index is 13.0. The highest BCUT2D eigenvalue weighted by Crippen LogP contribution is 2.44. The Balaban J connectivity index is 1.83. The van der Waals surface area contributed by atoms with E-state index in [-0.39, 0.29) is 10.9 Å². The van der Waals surface area contributed by atoms with E-state index in [9.17, 15) is 12.8 Å². The first kappa shape index (κ1) is 13.1. The summed E-state index contributed by atoms with van der Waals surface area (Å²) in [6.45, 7) is 1.62. The maximum atomic E-state index is 13.0. The molecule has 0 aromatic heterocycles. The largest absolute Gasteiger partial charge is 0.241 e. The number of hydrogen-bond acceptors (Lipinski definition) is 2. The monoisotopic (exact) mass is 283 g/mol. The van der Waals surface area contributed by atoms with E-state index in [4.69, 9.17) is 0 Å². The Morgan fingerprint density at radius 1 is 1.26 bits per heavy atom. The molecule has 2 bridgehead atoms. The zero-order valence-corrected chi connectivity index (χ0v) is 11.7. The summed E-state index contributed by atoms with van der Waals surface area (Å²) in [6, 6.07) is 3.87. The predicted octanol–water partition coefficient (Wildman–Crippen LogP) is 2.60. The zero-order chi connectivity index (χ0) is 13.6. The van der Waals surface area contributed by atoms with Crippen molar-refractivity contribution >= 4 is 10.0 Å². The minimum atomic E-state index is -3.53. The van der Waals surface area contributed by atoms with Crippen LogP contribution < -0.4 is 4.72 Å². The fourth-order valence-corrected chi connectivity index (χ4v) is 5.11. The van der Waals surface area contributed by atoms with Crippen LogP contribution in [0.5, 0.6) is 0 Å². The molecule has 3 nitrogen and oxygen atoms in total. The van der Waals surface area contributed by atoms with E-state index < -0.39 is 15.8 Å². The summed E-state index contributed by atoms with van der Waals surface area (Å²) in [5.41, 5.74) is 0.454. The second-order valence-corrected chi connectivity index (χ2v) is 7.49. The molecule has 0 unspecified atom stereocenters. The van der Waals surface area contributed by atoms with Gasteiger partial charge in [-0.1, -0.05) is 6.42 Å². The normalized spacial score (nSPS) is 29.9. The van der Waals surface area contributed by atoms with Crippen LogP contribution in [0.3, 0.4) is 0 Å². The van der Waals surface area contributed by atoms with Crippen LogP contribution in [0.2, 0.25) is 0 Å². The van der Waals surface area contributed by atoms with E-state index in [2.05, 4.69) is 4.72 Å². The Morgan fingerprint density at radius 3 is 2.63 bits per heavy atom. The lowest BCUT2D eigenvalue weighted by molar-refractivity contribution is 0.390. The van der Waals surface area contributed by atoms with Crippen LogP contribution >= 0.6 is 0 Å². The third-order valence-corrected chi connectivity index (χ3v) is 6.12. The van der Waals surface area contributed by atoms with Gasteiger partial charge in [0.1, 0.15) is 5.82 Å². The molecule has 2 fully saturated rings. The molecular weight excluding hydrogens is 265 g/mol. The van der Waals surface area contributed by atoms with Gasteiger partial charge in [-0.25, -0.2) is 17.5 Å². The number of sulfonamides is 1. The summed E-state index contributed by atoms with van der Waals surface area (Å²) in [5.74, 6) is 0.768. The highest BCUT2D eigenvalue weighted by Gasteiger charge is 2.41. The van der Waals surface area contributed by atoms with Gasteiger partial charge in [-0.05, 0) is 61.8 Å². The molecule has 1 aromatic carbocycles. The molecule has 19 heavy (non-hydrogen) atoms. The first-order valence-corrected chi connectivity index (χ1v) is 8.22. The van der Waals surface area contributed by atoms with Crippen molar-refractivity contribution in [1.29, 1.82) is 0 Å². The molecule has 0 heterocycles. The molecule has 3 rings (SSSR count). The van der Waals surface area contributed by atoms with E-state index in [0.29, 0.717) is 17.4 Å². The van der Waals surface area contributed by atoms with Crippen molar-refractivity contribution in [3.8, 4) is 0 Å². The smallest absolute Gasteiger partial charge is 0.208 e. The molecule has 3 atom stereocenters. The summed E-state index contributed by atoms with van der Waals surface area (Å²) in [7, 11) is -3.53. The second kappa shape index (κ2) is 4.56. The van der Waals surface area contributed by atoms with E-state index >= 15 is 0 Å². The average Bonchev–Trinajstić information content (AvgIpc) is 2.89. The third-order valence-electron chi connectivity index (χ3n) is 4.47. The summed E-state index contributed by atoms with van der Waals surface area (Å²) in [4.78, 5) is 0.191. The second-order valence-electron chi connectivity index (χ2n) is 5.81. The Morgan fingerprint density at radius 2 is 2.05 bits per heavy atom. The molecule has 104 valence electrons. The number of nitrogens with one attached hydrogen (secondary N) is 1. The zero-order valence-electron chi connectivity index (χ0n) is 10.9. The van der Waals surface area contributed by atoms with Crippen LogP contribution in [0, 0.1) is 24.6 Å². The Labute approximate surface area is 113 Å². The maximum Gasteiger partial charge on any atom is 0.241 e. The summed E-state index contributed by atoms with van der Waals surface area (Å²) in [5, 5.41) is 0. The SMILES string of the molecule is Cc1cc(F)ccc1S(=O)(=O)N[C@@H]1C[C@H]2CC[C@@H]1C2. The fraction of sp³-hybridized carbons (Fsp3) is 0.571. The van der Waals surface area contributed by atoms with Gasteiger partial charge in [-0.2, -0.15) is 0 Å². The fourth-order valence-electron chi connectivity index (χ4n) is 3.57. The van der Waals surface area contributed by atoms with Crippen molar-refractivity contribution in [2.75, 3.05) is 0 Å². The van der Waals surface area contributed by atoms with Gasteiger partial charge < -0.3 is 0 Å². The summed E-state index contributed by atoms with van der Waals surface area (Å²) in [6.07, 6.45) is 4.46. The molecule has 0 radical (unpaired) electrons. The lowest BCUT2D eigenvalue weighted by atomic mass is 9.96. The summed E-state index contributed by atoms with van der Waals surface area (Å²) < 4.78 is 40.6. The summed E-state index contributed by atoms with van der Waals surface area (Å²) >= 11 is 0. The number of hydrogen-bond donors (Lipinski definition) is 1. The molecular formula is C14H18FNO2S. The first-order valence-electron chi connectivity index (χ1n) is 6.74. The van der Waals surface area contributed by atoms with Crippen molar-refractivity contribution in [2.45, 2.75) is 43.5 Å². The van der Waals surface area contributed by atoms with Gasteiger partial charge in [0.05, 0.1) is 4.90 Å². The number of benzene rings is 1. The van der Waals surface area contributed by atoms with E-state index in [1.165, 1.54) is 24.6 Å². The van der Waals surface area contributed by atoms with Gasteiger partial charge in [0.25, 0.3) is 0 Å². The van der Waals surface area contributed by atoms with Crippen LogP contribution in [0.25, 0.3) is 0 Å². The highest BCUT2D eigenvalue weighted by molar-refractivity contribution is 7.89. The van der Waals surface area contributed by atoms with Crippen molar-refractivity contribution in [2.24, 2.45) is 11.8 Å². The molecule has 0 spiro atoms. The van der Waals surface area contributed by atoms with Gasteiger partial charge in [0, 0.05) is 6.04 Å². The van der Waals surface area contributed by atoms with Crippen LogP contribution in [0.1, 0.15) is 31.2 Å². The Kier molecular flexibility index (Phi) is 3.14. The van der Waals surface area contributed by atoms with Gasteiger partial charge in [-0.15, -0.1) is 0 Å². The third kappa shape index (κ3) is 2.41. The van der Waals surface area contributed by atoms with Crippen LogP contribution in [-0.2, 0) is 10.0 Å². The van der Waals surface area contributed by atoms with Crippen molar-refractivity contribution in [3.05, 3.63) is 29.6 Å². The molecule has 5 heteroatoms. The number of fused-ring (bicyclic) bond motifs is 2. The highest BCUT2D eigenvalue weighted by atomic mass is 32.2. The lowest BCUT2D eigenvalue weighted by Crippen LogP contribution is -2.38.